The Labute approximate surface area is 145 Å². The quantitative estimate of drug-likeness (QED) is 0.750. The largest absolute Gasteiger partial charge is 0.352 e. The van der Waals surface area contributed by atoms with Crippen LogP contribution in [0.25, 0.3) is 0 Å². The number of rotatable bonds is 6. The van der Waals surface area contributed by atoms with E-state index >= 15 is 0 Å². The lowest BCUT2D eigenvalue weighted by atomic mass is 10.2. The fourth-order valence-corrected chi connectivity index (χ4v) is 2.53. The molecule has 1 amide bonds. The lowest BCUT2D eigenvalue weighted by Gasteiger charge is -2.04. The number of benzene rings is 1. The molecular weight excluding hydrogens is 324 g/mol. The number of amides is 1. The first-order chi connectivity index (χ1) is 11.7. The van der Waals surface area contributed by atoms with Crippen molar-refractivity contribution in [2.24, 2.45) is 0 Å². The van der Waals surface area contributed by atoms with Crippen LogP contribution in [0.2, 0.25) is 5.02 Å². The molecule has 0 saturated heterocycles. The minimum atomic E-state index is -0.135. The smallest absolute Gasteiger partial charge is 0.254 e. The number of nitrogens with zero attached hydrogens (tertiary/aromatic N) is 3. The number of hydrogen-bond acceptors (Lipinski definition) is 3. The van der Waals surface area contributed by atoms with Crippen molar-refractivity contribution >= 4 is 17.5 Å². The summed E-state index contributed by atoms with van der Waals surface area (Å²) in [6.07, 6.45) is 7.57. The van der Waals surface area contributed by atoms with E-state index in [1.807, 2.05) is 36.4 Å². The van der Waals surface area contributed by atoms with Gasteiger partial charge in [0.25, 0.3) is 5.91 Å². The van der Waals surface area contributed by atoms with Crippen LogP contribution in [0.1, 0.15) is 21.5 Å². The summed E-state index contributed by atoms with van der Waals surface area (Å²) in [6, 6.07) is 11.5. The molecule has 0 saturated carbocycles. The summed E-state index contributed by atoms with van der Waals surface area (Å²) in [7, 11) is 0. The van der Waals surface area contributed by atoms with Gasteiger partial charge in [-0.05, 0) is 29.7 Å². The number of halogens is 1. The monoisotopic (exact) mass is 340 g/mol. The third kappa shape index (κ3) is 4.20. The van der Waals surface area contributed by atoms with Gasteiger partial charge in [0.05, 0.1) is 18.3 Å². The molecule has 0 spiro atoms. The van der Waals surface area contributed by atoms with Gasteiger partial charge >= 0.3 is 0 Å². The molecule has 0 unspecified atom stereocenters. The highest BCUT2D eigenvalue weighted by Crippen LogP contribution is 2.16. The van der Waals surface area contributed by atoms with Crippen LogP contribution < -0.4 is 5.32 Å². The zero-order valence-corrected chi connectivity index (χ0v) is 13.8. The summed E-state index contributed by atoms with van der Waals surface area (Å²) >= 11 is 6.14. The lowest BCUT2D eigenvalue weighted by Crippen LogP contribution is -2.25. The summed E-state index contributed by atoms with van der Waals surface area (Å²) in [6.45, 7) is 1.09. The molecule has 3 rings (SSSR count). The number of nitrogens with one attached hydrogen (secondary N) is 1. The molecule has 2 aromatic heterocycles. The summed E-state index contributed by atoms with van der Waals surface area (Å²) < 4.78 is 1.71. The van der Waals surface area contributed by atoms with E-state index in [2.05, 4.69) is 15.4 Å². The van der Waals surface area contributed by atoms with Gasteiger partial charge in [0.2, 0.25) is 0 Å². The number of carbonyl (C=O) groups excluding carboxylic acids is 1. The number of aromatic nitrogens is 3. The van der Waals surface area contributed by atoms with Gasteiger partial charge in [-0.25, -0.2) is 0 Å². The van der Waals surface area contributed by atoms with Crippen molar-refractivity contribution in [1.29, 1.82) is 0 Å². The third-order valence-electron chi connectivity index (χ3n) is 3.61. The molecule has 0 atom stereocenters. The Morgan fingerprint density at radius 2 is 2.04 bits per heavy atom. The number of carbonyl (C=O) groups is 1. The number of pyridine rings is 1. The maximum absolute atomic E-state index is 12.2. The van der Waals surface area contributed by atoms with Gasteiger partial charge in [-0.15, -0.1) is 0 Å². The van der Waals surface area contributed by atoms with Gasteiger partial charge in [-0.1, -0.05) is 35.9 Å². The van der Waals surface area contributed by atoms with Gasteiger partial charge in [0.1, 0.15) is 0 Å². The molecule has 0 fully saturated rings. The Hall–Kier alpha value is -2.66. The molecule has 0 aliphatic rings. The van der Waals surface area contributed by atoms with E-state index in [9.17, 15) is 4.79 Å². The molecule has 0 radical (unpaired) electrons. The van der Waals surface area contributed by atoms with E-state index < -0.39 is 0 Å². The molecule has 0 aliphatic carbocycles. The van der Waals surface area contributed by atoms with Crippen molar-refractivity contribution < 1.29 is 4.79 Å². The number of hydrogen-bond donors (Lipinski definition) is 1. The van der Waals surface area contributed by atoms with Crippen LogP contribution in [0.5, 0.6) is 0 Å². The van der Waals surface area contributed by atoms with Gasteiger partial charge < -0.3 is 5.32 Å². The van der Waals surface area contributed by atoms with Crippen molar-refractivity contribution in [3.05, 3.63) is 82.9 Å². The molecule has 6 heteroatoms. The molecule has 0 aliphatic heterocycles. The second-order valence-corrected chi connectivity index (χ2v) is 5.79. The standard InChI is InChI=1S/C18H17ClN4O/c19-17-6-2-1-5-15(17)12-23-13-16(11-22-23)18(24)21-9-7-14-4-3-8-20-10-14/h1-6,8,10-11,13H,7,9,12H2,(H,21,24). The molecule has 1 N–H and O–H groups in total. The minimum absolute atomic E-state index is 0.135. The van der Waals surface area contributed by atoms with Gasteiger partial charge in [-0.2, -0.15) is 5.10 Å². The van der Waals surface area contributed by atoms with Crippen molar-refractivity contribution in [2.75, 3.05) is 6.54 Å². The second-order valence-electron chi connectivity index (χ2n) is 5.39. The predicted octanol–water partition coefficient (Wildman–Crippen LogP) is 2.95. The van der Waals surface area contributed by atoms with Crippen molar-refractivity contribution in [2.45, 2.75) is 13.0 Å². The molecule has 1 aromatic carbocycles. The van der Waals surface area contributed by atoms with E-state index in [1.54, 1.807) is 29.5 Å². The second kappa shape index (κ2) is 7.75. The first kappa shape index (κ1) is 16.2. The molecule has 24 heavy (non-hydrogen) atoms. The van der Waals surface area contributed by atoms with E-state index in [-0.39, 0.29) is 5.91 Å². The van der Waals surface area contributed by atoms with E-state index in [0.717, 1.165) is 17.5 Å². The first-order valence-electron chi connectivity index (χ1n) is 7.65. The normalized spacial score (nSPS) is 10.5. The average molecular weight is 341 g/mol. The highest BCUT2D eigenvalue weighted by atomic mass is 35.5. The van der Waals surface area contributed by atoms with Gasteiger partial charge in [0.15, 0.2) is 0 Å². The Morgan fingerprint density at radius 1 is 1.17 bits per heavy atom. The van der Waals surface area contributed by atoms with Crippen LogP contribution in [-0.2, 0) is 13.0 Å². The zero-order chi connectivity index (χ0) is 16.8. The fraction of sp³-hybridized carbons (Fsp3) is 0.167. The van der Waals surface area contributed by atoms with Crippen LogP contribution in [0.4, 0.5) is 0 Å². The SMILES string of the molecule is O=C(NCCc1cccnc1)c1cnn(Cc2ccccc2Cl)c1. The minimum Gasteiger partial charge on any atom is -0.352 e. The highest BCUT2D eigenvalue weighted by molar-refractivity contribution is 6.31. The third-order valence-corrected chi connectivity index (χ3v) is 3.98. The molecule has 2 heterocycles. The van der Waals surface area contributed by atoms with Gasteiger partial charge in [0, 0.05) is 30.2 Å². The van der Waals surface area contributed by atoms with Crippen molar-refractivity contribution in [3.63, 3.8) is 0 Å². The Bertz CT molecular complexity index is 817. The van der Waals surface area contributed by atoms with E-state index in [4.69, 9.17) is 11.6 Å². The summed E-state index contributed by atoms with van der Waals surface area (Å²) in [4.78, 5) is 16.2. The average Bonchev–Trinajstić information content (AvgIpc) is 3.07. The highest BCUT2D eigenvalue weighted by Gasteiger charge is 2.09. The zero-order valence-electron chi connectivity index (χ0n) is 13.0. The Balaban J connectivity index is 1.55. The summed E-state index contributed by atoms with van der Waals surface area (Å²) in [5.74, 6) is -0.135. The fourth-order valence-electron chi connectivity index (χ4n) is 2.34. The maximum Gasteiger partial charge on any atom is 0.254 e. The Morgan fingerprint density at radius 3 is 2.83 bits per heavy atom. The van der Waals surface area contributed by atoms with E-state index in [1.165, 1.54) is 0 Å². The van der Waals surface area contributed by atoms with Crippen molar-refractivity contribution in [3.8, 4) is 0 Å². The van der Waals surface area contributed by atoms with Gasteiger partial charge in [-0.3, -0.25) is 14.5 Å². The first-order valence-corrected chi connectivity index (χ1v) is 8.03. The van der Waals surface area contributed by atoms with Crippen LogP contribution >= 0.6 is 11.6 Å². The molecule has 5 nitrogen and oxygen atoms in total. The summed E-state index contributed by atoms with van der Waals surface area (Å²) in [5.41, 5.74) is 2.59. The van der Waals surface area contributed by atoms with Crippen molar-refractivity contribution in [1.82, 2.24) is 20.1 Å². The lowest BCUT2D eigenvalue weighted by molar-refractivity contribution is 0.0954. The maximum atomic E-state index is 12.2. The predicted molar refractivity (Wildman–Crippen MR) is 93.1 cm³/mol. The van der Waals surface area contributed by atoms with Crippen LogP contribution in [-0.4, -0.2) is 27.2 Å². The van der Waals surface area contributed by atoms with Crippen LogP contribution in [0.3, 0.4) is 0 Å². The topological polar surface area (TPSA) is 59.8 Å². The summed E-state index contributed by atoms with van der Waals surface area (Å²) in [5, 5.41) is 7.81. The molecule has 122 valence electrons. The molecule has 3 aromatic rings. The molecular formula is C18H17ClN4O. The Kier molecular flexibility index (Phi) is 5.23. The van der Waals surface area contributed by atoms with Crippen LogP contribution in [0.15, 0.2) is 61.2 Å². The molecule has 0 bridgehead atoms. The van der Waals surface area contributed by atoms with E-state index in [0.29, 0.717) is 23.7 Å². The van der Waals surface area contributed by atoms with Crippen LogP contribution in [0, 0.1) is 0 Å².